The van der Waals surface area contributed by atoms with E-state index in [2.05, 4.69) is 9.97 Å². The molecular weight excluding hydrogens is 296 g/mol. The van der Waals surface area contributed by atoms with Crippen LogP contribution in [0.4, 0.5) is 14.5 Å². The van der Waals surface area contributed by atoms with Crippen LogP contribution in [0.3, 0.4) is 0 Å². The van der Waals surface area contributed by atoms with E-state index < -0.39 is 11.6 Å². The molecule has 0 radical (unpaired) electrons. The number of halogens is 3. The van der Waals surface area contributed by atoms with Crippen molar-refractivity contribution in [3.63, 3.8) is 0 Å². The lowest BCUT2D eigenvalue weighted by Gasteiger charge is -2.03. The minimum atomic E-state index is -0.911. The third-order valence-corrected chi connectivity index (χ3v) is 3.31. The fraction of sp³-hybridized carbons (Fsp3) is 0. The summed E-state index contributed by atoms with van der Waals surface area (Å²) in [6.07, 6.45) is 1.53. The molecule has 0 atom stereocenters. The van der Waals surface area contributed by atoms with Gasteiger partial charge in [-0.05, 0) is 36.4 Å². The number of nitrogens with two attached hydrogens (primary N) is 1. The van der Waals surface area contributed by atoms with Gasteiger partial charge in [0.1, 0.15) is 5.82 Å². The van der Waals surface area contributed by atoms with Crippen LogP contribution in [0.25, 0.3) is 22.6 Å². The molecule has 0 saturated heterocycles. The molecule has 21 heavy (non-hydrogen) atoms. The Kier molecular flexibility index (Phi) is 3.35. The van der Waals surface area contributed by atoms with Crippen molar-refractivity contribution >= 4 is 17.3 Å². The molecule has 2 aromatic carbocycles. The van der Waals surface area contributed by atoms with Gasteiger partial charge in [-0.15, -0.1) is 0 Å². The van der Waals surface area contributed by atoms with Gasteiger partial charge in [-0.25, -0.2) is 13.8 Å². The summed E-state index contributed by atoms with van der Waals surface area (Å²) in [4.78, 5) is 7.23. The van der Waals surface area contributed by atoms with E-state index in [4.69, 9.17) is 17.3 Å². The Morgan fingerprint density at radius 2 is 1.86 bits per heavy atom. The maximum absolute atomic E-state index is 13.3. The Balaban J connectivity index is 2.03. The minimum absolute atomic E-state index is 0.494. The smallest absolute Gasteiger partial charge is 0.159 e. The zero-order valence-electron chi connectivity index (χ0n) is 10.7. The number of hydrogen-bond donors (Lipinski definition) is 2. The SMILES string of the molecule is Nc1ccc(Cl)cc1-c1ncc(-c2ccc(F)c(F)c2)[nH]1. The molecule has 1 heterocycles. The number of rotatable bonds is 2. The summed E-state index contributed by atoms with van der Waals surface area (Å²) in [5, 5.41) is 0.532. The lowest BCUT2D eigenvalue weighted by Crippen LogP contribution is -1.91. The largest absolute Gasteiger partial charge is 0.398 e. The van der Waals surface area contributed by atoms with Crippen molar-refractivity contribution < 1.29 is 8.78 Å². The quantitative estimate of drug-likeness (QED) is 0.695. The van der Waals surface area contributed by atoms with Gasteiger partial charge < -0.3 is 10.7 Å². The number of hydrogen-bond acceptors (Lipinski definition) is 2. The van der Waals surface area contributed by atoms with Crippen molar-refractivity contribution in [1.82, 2.24) is 9.97 Å². The van der Waals surface area contributed by atoms with Crippen LogP contribution in [0.1, 0.15) is 0 Å². The van der Waals surface area contributed by atoms with Crippen molar-refractivity contribution in [3.8, 4) is 22.6 Å². The van der Waals surface area contributed by atoms with Crippen LogP contribution in [0, 0.1) is 11.6 Å². The van der Waals surface area contributed by atoms with E-state index in [9.17, 15) is 8.78 Å². The number of H-pyrrole nitrogens is 1. The molecule has 0 spiro atoms. The van der Waals surface area contributed by atoms with E-state index in [1.54, 1.807) is 18.2 Å². The zero-order chi connectivity index (χ0) is 15.0. The molecule has 0 unspecified atom stereocenters. The highest BCUT2D eigenvalue weighted by molar-refractivity contribution is 6.31. The van der Waals surface area contributed by atoms with E-state index in [1.807, 2.05) is 0 Å². The average molecular weight is 306 g/mol. The summed E-state index contributed by atoms with van der Waals surface area (Å²) in [5.74, 6) is -1.29. The van der Waals surface area contributed by atoms with Gasteiger partial charge in [0.2, 0.25) is 0 Å². The van der Waals surface area contributed by atoms with Crippen LogP contribution in [-0.4, -0.2) is 9.97 Å². The van der Waals surface area contributed by atoms with Crippen LogP contribution < -0.4 is 5.73 Å². The standard InChI is InChI=1S/C15H10ClF2N3/c16-9-2-4-13(19)10(6-9)15-20-7-14(21-15)8-1-3-11(17)12(18)5-8/h1-7H,19H2,(H,20,21). The van der Waals surface area contributed by atoms with Crippen molar-refractivity contribution in [2.75, 3.05) is 5.73 Å². The number of aromatic nitrogens is 2. The highest BCUT2D eigenvalue weighted by Crippen LogP contribution is 2.29. The van der Waals surface area contributed by atoms with Gasteiger partial charge in [-0.3, -0.25) is 0 Å². The van der Waals surface area contributed by atoms with Gasteiger partial charge in [0.15, 0.2) is 11.6 Å². The normalized spacial score (nSPS) is 10.8. The monoisotopic (exact) mass is 305 g/mol. The molecule has 106 valence electrons. The Bertz CT molecular complexity index is 814. The second-order valence-electron chi connectivity index (χ2n) is 4.51. The summed E-state index contributed by atoms with van der Waals surface area (Å²) in [7, 11) is 0. The molecule has 3 nitrogen and oxygen atoms in total. The molecule has 0 aliphatic heterocycles. The second-order valence-corrected chi connectivity index (χ2v) is 4.94. The molecule has 3 N–H and O–H groups in total. The van der Waals surface area contributed by atoms with Crippen LogP contribution in [0.5, 0.6) is 0 Å². The second kappa shape index (κ2) is 5.18. The number of aromatic amines is 1. The van der Waals surface area contributed by atoms with Crippen LogP contribution >= 0.6 is 11.6 Å². The lowest BCUT2D eigenvalue weighted by atomic mass is 10.1. The fourth-order valence-corrected chi connectivity index (χ4v) is 2.17. The molecule has 0 aliphatic rings. The van der Waals surface area contributed by atoms with E-state index >= 15 is 0 Å². The minimum Gasteiger partial charge on any atom is -0.398 e. The number of nitrogens with one attached hydrogen (secondary N) is 1. The molecule has 1 aromatic heterocycles. The Morgan fingerprint density at radius 3 is 2.62 bits per heavy atom. The predicted molar refractivity (Wildman–Crippen MR) is 78.8 cm³/mol. The first kappa shape index (κ1) is 13.6. The van der Waals surface area contributed by atoms with Gasteiger partial charge in [-0.1, -0.05) is 11.6 Å². The Morgan fingerprint density at radius 1 is 1.05 bits per heavy atom. The molecule has 3 aromatic rings. The fourth-order valence-electron chi connectivity index (χ4n) is 2.00. The first-order chi connectivity index (χ1) is 10.0. The van der Waals surface area contributed by atoms with Gasteiger partial charge >= 0.3 is 0 Å². The Hall–Kier alpha value is -2.40. The maximum atomic E-state index is 13.3. The maximum Gasteiger partial charge on any atom is 0.159 e. The van der Waals surface area contributed by atoms with Crippen LogP contribution in [-0.2, 0) is 0 Å². The summed E-state index contributed by atoms with van der Waals surface area (Å²) >= 11 is 5.94. The first-order valence-electron chi connectivity index (χ1n) is 6.10. The van der Waals surface area contributed by atoms with Gasteiger partial charge in [-0.2, -0.15) is 0 Å². The highest BCUT2D eigenvalue weighted by Gasteiger charge is 2.10. The number of anilines is 1. The van der Waals surface area contributed by atoms with Crippen molar-refractivity contribution in [3.05, 3.63) is 59.3 Å². The van der Waals surface area contributed by atoms with Crippen molar-refractivity contribution in [2.45, 2.75) is 0 Å². The van der Waals surface area contributed by atoms with Crippen LogP contribution in [0.15, 0.2) is 42.6 Å². The summed E-state index contributed by atoms with van der Waals surface area (Å²) < 4.78 is 26.2. The lowest BCUT2D eigenvalue weighted by molar-refractivity contribution is 0.509. The summed E-state index contributed by atoms with van der Waals surface area (Å²) in [6.45, 7) is 0. The molecular formula is C15H10ClF2N3. The number of imidazole rings is 1. The van der Waals surface area contributed by atoms with Gasteiger partial charge in [0, 0.05) is 21.8 Å². The third-order valence-electron chi connectivity index (χ3n) is 3.08. The molecule has 0 fully saturated rings. The van der Waals surface area contributed by atoms with E-state index in [0.29, 0.717) is 33.4 Å². The molecule has 0 saturated carbocycles. The first-order valence-corrected chi connectivity index (χ1v) is 6.48. The highest BCUT2D eigenvalue weighted by atomic mass is 35.5. The third kappa shape index (κ3) is 2.60. The number of nitrogen functional groups attached to an aromatic ring is 1. The molecule has 0 aliphatic carbocycles. The molecule has 0 amide bonds. The van der Waals surface area contributed by atoms with E-state index in [-0.39, 0.29) is 0 Å². The number of nitrogens with zero attached hydrogens (tertiary/aromatic N) is 1. The van der Waals surface area contributed by atoms with Crippen LogP contribution in [0.2, 0.25) is 5.02 Å². The van der Waals surface area contributed by atoms with Gasteiger partial charge in [0.25, 0.3) is 0 Å². The van der Waals surface area contributed by atoms with E-state index in [0.717, 1.165) is 12.1 Å². The van der Waals surface area contributed by atoms with Crippen molar-refractivity contribution in [1.29, 1.82) is 0 Å². The van der Waals surface area contributed by atoms with Crippen molar-refractivity contribution in [2.24, 2.45) is 0 Å². The molecule has 6 heteroatoms. The summed E-state index contributed by atoms with van der Waals surface area (Å²) in [5.41, 5.74) is 8.11. The zero-order valence-corrected chi connectivity index (χ0v) is 11.5. The number of benzene rings is 2. The molecule has 0 bridgehead atoms. The van der Waals surface area contributed by atoms with E-state index in [1.165, 1.54) is 12.3 Å². The topological polar surface area (TPSA) is 54.7 Å². The molecule has 3 rings (SSSR count). The van der Waals surface area contributed by atoms with Gasteiger partial charge in [0.05, 0.1) is 11.9 Å². The average Bonchev–Trinajstić information content (AvgIpc) is 2.94. The predicted octanol–water partition coefficient (Wildman–Crippen LogP) is 4.26. The summed E-state index contributed by atoms with van der Waals surface area (Å²) in [6, 6.07) is 8.69. The Labute approximate surface area is 124 Å².